The Morgan fingerprint density at radius 2 is 1.24 bits per heavy atom. The molecule has 0 amide bonds. The lowest BCUT2D eigenvalue weighted by Crippen LogP contribution is -2.11. The van der Waals surface area contributed by atoms with E-state index in [0.29, 0.717) is 24.7 Å². The van der Waals surface area contributed by atoms with Gasteiger partial charge in [0.1, 0.15) is 11.5 Å². The second-order valence-electron chi connectivity index (χ2n) is 5.92. The number of ether oxygens (including phenoxy) is 3. The lowest BCUT2D eigenvalue weighted by atomic mass is 10.3. The molecule has 0 aliphatic carbocycles. The zero-order valence-corrected chi connectivity index (χ0v) is 24.7. The van der Waals surface area contributed by atoms with Crippen LogP contribution in [0.2, 0.25) is 0 Å². The Kier molecular flexibility index (Phi) is 25.0. The number of phenolic OH excluding ortho intramolecular Hbond substituents is 1. The van der Waals surface area contributed by atoms with Crippen molar-refractivity contribution in [2.75, 3.05) is 19.6 Å². The molecule has 186 valence electrons. The minimum absolute atomic E-state index is 0.324. The number of carbonyl (C=O) groups excluding carboxylic acids is 2. The second kappa shape index (κ2) is 24.2. The van der Waals surface area contributed by atoms with Gasteiger partial charge in [-0.15, -0.1) is 11.6 Å². The summed E-state index contributed by atoms with van der Waals surface area (Å²) in [5.74, 6) is 0.835. The number of hydrogen-bond acceptors (Lipinski definition) is 6. The zero-order valence-electron chi connectivity index (χ0n) is 18.9. The molecule has 0 bridgehead atoms. The molecule has 0 aromatic heterocycles. The van der Waals surface area contributed by atoms with E-state index >= 15 is 0 Å². The molecular weight excluding hydrogens is 697 g/mol. The number of phenols is 1. The number of halogens is 4. The van der Waals surface area contributed by atoms with Crippen molar-refractivity contribution in [3.63, 3.8) is 0 Å². The van der Waals surface area contributed by atoms with E-state index in [1.54, 1.807) is 24.3 Å². The van der Waals surface area contributed by atoms with Gasteiger partial charge in [0, 0.05) is 25.1 Å². The van der Waals surface area contributed by atoms with Crippen molar-refractivity contribution in [1.82, 2.24) is 0 Å². The maximum absolute atomic E-state index is 11.1. The summed E-state index contributed by atoms with van der Waals surface area (Å²) in [6.45, 7) is 4.91. The molecule has 0 fully saturated rings. The highest BCUT2D eigenvalue weighted by atomic mass is 127. The third kappa shape index (κ3) is 24.0. The van der Waals surface area contributed by atoms with Gasteiger partial charge in [0.15, 0.2) is 0 Å². The average Bonchev–Trinajstić information content (AvgIpc) is 2.80. The SMILES string of the molecule is CCCCOC(=O)Cl.CCCCOC(=O)Oc1ccc(I)cc1.CCl.Oc1ccc(I)cc1. The largest absolute Gasteiger partial charge is 0.513 e. The fraction of sp³-hybridized carbons (Fsp3) is 0.391. The van der Waals surface area contributed by atoms with E-state index < -0.39 is 11.6 Å². The Bertz CT molecular complexity index is 723. The van der Waals surface area contributed by atoms with Crippen LogP contribution in [0.5, 0.6) is 11.5 Å². The quantitative estimate of drug-likeness (QED) is 0.0769. The molecule has 0 saturated carbocycles. The summed E-state index contributed by atoms with van der Waals surface area (Å²) < 4.78 is 16.4. The first-order chi connectivity index (χ1) is 15.8. The highest BCUT2D eigenvalue weighted by Crippen LogP contribution is 2.14. The van der Waals surface area contributed by atoms with Crippen LogP contribution < -0.4 is 4.74 Å². The van der Waals surface area contributed by atoms with Crippen molar-refractivity contribution in [3.05, 3.63) is 55.7 Å². The van der Waals surface area contributed by atoms with Gasteiger partial charge < -0.3 is 19.3 Å². The van der Waals surface area contributed by atoms with Crippen LogP contribution in [0.4, 0.5) is 9.59 Å². The molecule has 0 unspecified atom stereocenters. The third-order valence-corrected chi connectivity index (χ3v) is 4.82. The maximum Gasteiger partial charge on any atom is 0.513 e. The lowest BCUT2D eigenvalue weighted by Gasteiger charge is -2.04. The van der Waals surface area contributed by atoms with Crippen LogP contribution in [-0.4, -0.2) is 36.3 Å². The predicted molar refractivity (Wildman–Crippen MR) is 151 cm³/mol. The van der Waals surface area contributed by atoms with Gasteiger partial charge in [-0.25, -0.2) is 9.59 Å². The van der Waals surface area contributed by atoms with Crippen LogP contribution >= 0.6 is 68.4 Å². The molecule has 1 N–H and O–H groups in total. The number of alkyl halides is 1. The lowest BCUT2D eigenvalue weighted by molar-refractivity contribution is 0.0978. The van der Waals surface area contributed by atoms with Crippen molar-refractivity contribution >= 4 is 80.0 Å². The Morgan fingerprint density at radius 1 is 0.818 bits per heavy atom. The van der Waals surface area contributed by atoms with E-state index in [4.69, 9.17) is 26.2 Å². The van der Waals surface area contributed by atoms with Crippen molar-refractivity contribution in [1.29, 1.82) is 0 Å². The molecule has 33 heavy (non-hydrogen) atoms. The maximum atomic E-state index is 11.1. The topological polar surface area (TPSA) is 82.1 Å². The number of aromatic hydroxyl groups is 1. The van der Waals surface area contributed by atoms with Crippen molar-refractivity contribution in [2.45, 2.75) is 39.5 Å². The smallest absolute Gasteiger partial charge is 0.508 e. The highest BCUT2D eigenvalue weighted by Gasteiger charge is 2.04. The van der Waals surface area contributed by atoms with Crippen molar-refractivity contribution < 1.29 is 28.9 Å². The first-order valence-corrected chi connectivity index (χ1v) is 13.3. The van der Waals surface area contributed by atoms with E-state index in [0.717, 1.165) is 32.8 Å². The number of carbonyl (C=O) groups is 2. The molecule has 0 aliphatic heterocycles. The van der Waals surface area contributed by atoms with Crippen molar-refractivity contribution in [2.24, 2.45) is 0 Å². The summed E-state index contributed by atoms with van der Waals surface area (Å²) in [5, 5.41) is 8.75. The molecule has 0 atom stereocenters. The van der Waals surface area contributed by atoms with Gasteiger partial charge in [-0.1, -0.05) is 26.7 Å². The molecule has 0 aliphatic rings. The van der Waals surface area contributed by atoms with E-state index in [2.05, 4.69) is 61.5 Å². The molecule has 0 saturated heterocycles. The number of hydrogen-bond donors (Lipinski definition) is 1. The summed E-state index contributed by atoms with van der Waals surface area (Å²) in [5.41, 5.74) is -0.710. The molecule has 0 heterocycles. The first-order valence-electron chi connectivity index (χ1n) is 10.0. The van der Waals surface area contributed by atoms with Crippen LogP contribution in [0.25, 0.3) is 0 Å². The van der Waals surface area contributed by atoms with Gasteiger partial charge in [-0.2, -0.15) is 0 Å². The molecule has 10 heteroatoms. The normalized spacial score (nSPS) is 8.94. The van der Waals surface area contributed by atoms with Crippen LogP contribution in [-0.2, 0) is 9.47 Å². The van der Waals surface area contributed by atoms with Crippen LogP contribution in [0.1, 0.15) is 39.5 Å². The number of rotatable bonds is 7. The summed E-state index contributed by atoms with van der Waals surface area (Å²) in [6.07, 6.45) is 4.60. The summed E-state index contributed by atoms with van der Waals surface area (Å²) >= 11 is 13.9. The minimum atomic E-state index is -0.710. The standard InChI is InChI=1S/C11H13IO3.C6H5IO.C5H9ClO2.CH3Cl/c1-2-3-8-14-11(13)15-10-6-4-9(12)5-7-10;7-5-1-3-6(8)4-2-5;1-2-3-4-8-5(6)7;1-2/h4-7H,2-3,8H2,1H3;1-4,8H;2-4H2,1H3;1H3. The Hall–Kier alpha value is -0.980. The van der Waals surface area contributed by atoms with Crippen molar-refractivity contribution in [3.8, 4) is 11.5 Å². The van der Waals surface area contributed by atoms with Gasteiger partial charge in [-0.05, 0) is 107 Å². The van der Waals surface area contributed by atoms with E-state index in [1.807, 2.05) is 38.1 Å². The summed E-state index contributed by atoms with van der Waals surface area (Å²) in [7, 11) is 0. The molecule has 2 aromatic carbocycles. The van der Waals surface area contributed by atoms with Gasteiger partial charge in [0.05, 0.1) is 13.2 Å². The minimum Gasteiger partial charge on any atom is -0.508 e. The van der Waals surface area contributed by atoms with Gasteiger partial charge in [-0.3, -0.25) is 0 Å². The molecular formula is C23H30Cl2I2O6. The second-order valence-corrected chi connectivity index (χ2v) is 8.72. The van der Waals surface area contributed by atoms with E-state index in [9.17, 15) is 9.59 Å². The van der Waals surface area contributed by atoms with Gasteiger partial charge in [0.2, 0.25) is 0 Å². The number of benzene rings is 2. The fourth-order valence-electron chi connectivity index (χ4n) is 1.67. The molecule has 0 radical (unpaired) electrons. The van der Waals surface area contributed by atoms with Crippen LogP contribution in [0.3, 0.4) is 0 Å². The Morgan fingerprint density at radius 3 is 1.64 bits per heavy atom. The summed E-state index contributed by atoms with van der Waals surface area (Å²) in [6, 6.07) is 14.3. The fourth-order valence-corrected chi connectivity index (χ4v) is 2.46. The molecule has 2 aromatic rings. The Labute approximate surface area is 233 Å². The van der Waals surface area contributed by atoms with E-state index in [-0.39, 0.29) is 0 Å². The molecule has 0 spiro atoms. The summed E-state index contributed by atoms with van der Waals surface area (Å²) in [4.78, 5) is 21.0. The van der Waals surface area contributed by atoms with Gasteiger partial charge in [0.25, 0.3) is 0 Å². The van der Waals surface area contributed by atoms with E-state index in [1.165, 1.54) is 6.38 Å². The average molecular weight is 727 g/mol. The molecule has 2 rings (SSSR count). The third-order valence-electron chi connectivity index (χ3n) is 3.27. The monoisotopic (exact) mass is 726 g/mol. The number of unbranched alkanes of at least 4 members (excludes halogenated alkanes) is 2. The predicted octanol–water partition coefficient (Wildman–Crippen LogP) is 8.62. The van der Waals surface area contributed by atoms with Crippen LogP contribution in [0, 0.1) is 7.14 Å². The van der Waals surface area contributed by atoms with Crippen LogP contribution in [0.15, 0.2) is 48.5 Å². The molecule has 6 nitrogen and oxygen atoms in total. The van der Waals surface area contributed by atoms with Gasteiger partial charge >= 0.3 is 11.6 Å². The zero-order chi connectivity index (χ0) is 25.5. The Balaban J connectivity index is 0. The highest BCUT2D eigenvalue weighted by molar-refractivity contribution is 14.1. The first kappa shape index (κ1) is 34.2.